The SMILES string of the molecule is CC(=O)c1cc2sc(C#Cc3onc(C)c3NC(=O)O[C@H](C)c3ccccc3)cc2s1. The lowest BCUT2D eigenvalue weighted by atomic mass is 10.1. The Morgan fingerprint density at radius 3 is 2.58 bits per heavy atom. The van der Waals surface area contributed by atoms with Crippen molar-refractivity contribution in [3.05, 3.63) is 69.2 Å². The van der Waals surface area contributed by atoms with Gasteiger partial charge in [0.1, 0.15) is 17.5 Å². The molecule has 1 aromatic carbocycles. The number of ether oxygens (including phenoxy) is 1. The first-order chi connectivity index (χ1) is 14.9. The van der Waals surface area contributed by atoms with Crippen molar-refractivity contribution < 1.29 is 18.8 Å². The van der Waals surface area contributed by atoms with Crippen LogP contribution in [0, 0.1) is 18.8 Å². The molecule has 0 radical (unpaired) electrons. The molecule has 1 N–H and O–H groups in total. The van der Waals surface area contributed by atoms with Gasteiger partial charge in [0.05, 0.1) is 9.75 Å². The highest BCUT2D eigenvalue weighted by Crippen LogP contribution is 2.33. The summed E-state index contributed by atoms with van der Waals surface area (Å²) < 4.78 is 12.8. The number of ketones is 1. The largest absolute Gasteiger partial charge is 0.441 e. The van der Waals surface area contributed by atoms with Crippen molar-refractivity contribution in [2.24, 2.45) is 0 Å². The third-order valence-electron chi connectivity index (χ3n) is 4.50. The molecule has 3 heterocycles. The van der Waals surface area contributed by atoms with Crippen molar-refractivity contribution in [3.8, 4) is 11.8 Å². The summed E-state index contributed by atoms with van der Waals surface area (Å²) in [6.45, 7) is 5.08. The van der Waals surface area contributed by atoms with Gasteiger partial charge >= 0.3 is 6.09 Å². The standard InChI is InChI=1S/C23H18N2O4S2/c1-13-22(24-23(27)28-15(3)16-7-5-4-6-8-16)18(29-25-13)10-9-17-11-20-21(30-17)12-19(31-20)14(2)26/h4-8,11-12,15H,1-3H3,(H,24,27)/t15-/m1/s1. The van der Waals surface area contributed by atoms with Crippen LogP contribution >= 0.6 is 22.7 Å². The van der Waals surface area contributed by atoms with Gasteiger partial charge in [-0.3, -0.25) is 10.1 Å². The van der Waals surface area contributed by atoms with Crippen LogP contribution in [-0.4, -0.2) is 17.0 Å². The Balaban J connectivity index is 1.49. The zero-order valence-electron chi connectivity index (χ0n) is 17.0. The van der Waals surface area contributed by atoms with Crippen LogP contribution in [-0.2, 0) is 4.74 Å². The van der Waals surface area contributed by atoms with Crippen molar-refractivity contribution in [1.29, 1.82) is 0 Å². The van der Waals surface area contributed by atoms with E-state index in [0.29, 0.717) is 11.4 Å². The summed E-state index contributed by atoms with van der Waals surface area (Å²) in [4.78, 5) is 25.4. The zero-order valence-corrected chi connectivity index (χ0v) is 18.6. The van der Waals surface area contributed by atoms with E-state index in [0.717, 1.165) is 24.7 Å². The number of carbonyl (C=O) groups excluding carboxylic acids is 2. The number of amides is 1. The number of benzene rings is 1. The molecule has 156 valence electrons. The predicted molar refractivity (Wildman–Crippen MR) is 122 cm³/mol. The molecule has 6 nitrogen and oxygen atoms in total. The van der Waals surface area contributed by atoms with Crippen LogP contribution in [0.5, 0.6) is 0 Å². The normalized spacial score (nSPS) is 11.6. The van der Waals surface area contributed by atoms with E-state index in [-0.39, 0.29) is 11.5 Å². The number of aryl methyl sites for hydroxylation is 1. The maximum absolute atomic E-state index is 12.4. The third kappa shape index (κ3) is 4.68. The summed E-state index contributed by atoms with van der Waals surface area (Å²) in [6.07, 6.45) is -1.02. The van der Waals surface area contributed by atoms with Crippen LogP contribution in [0.25, 0.3) is 9.40 Å². The molecule has 31 heavy (non-hydrogen) atoms. The number of aromatic nitrogens is 1. The Labute approximate surface area is 186 Å². The molecule has 0 unspecified atom stereocenters. The summed E-state index contributed by atoms with van der Waals surface area (Å²) in [7, 11) is 0. The molecule has 0 spiro atoms. The topological polar surface area (TPSA) is 81.4 Å². The fourth-order valence-electron chi connectivity index (χ4n) is 2.88. The van der Waals surface area contributed by atoms with Crippen LogP contribution in [0.4, 0.5) is 10.5 Å². The number of nitrogens with one attached hydrogen (secondary N) is 1. The van der Waals surface area contributed by atoms with Crippen molar-refractivity contribution in [1.82, 2.24) is 5.16 Å². The minimum Gasteiger partial charge on any atom is -0.441 e. The van der Waals surface area contributed by atoms with E-state index >= 15 is 0 Å². The number of Topliss-reactive ketones (excluding diaryl/α,β-unsaturated/α-hetero) is 1. The second kappa shape index (κ2) is 8.76. The van der Waals surface area contributed by atoms with Gasteiger partial charge in [0.2, 0.25) is 5.76 Å². The molecule has 8 heteroatoms. The van der Waals surface area contributed by atoms with Gasteiger partial charge in [0.15, 0.2) is 5.78 Å². The van der Waals surface area contributed by atoms with E-state index in [2.05, 4.69) is 22.3 Å². The summed E-state index contributed by atoms with van der Waals surface area (Å²) in [5.74, 6) is 6.28. The lowest BCUT2D eigenvalue weighted by Crippen LogP contribution is -2.16. The number of carbonyl (C=O) groups is 2. The maximum atomic E-state index is 12.4. The fourth-order valence-corrected chi connectivity index (χ4v) is 5.02. The molecular weight excluding hydrogens is 432 g/mol. The summed E-state index contributed by atoms with van der Waals surface area (Å²) in [5, 5.41) is 6.59. The molecule has 0 saturated carbocycles. The number of hydrogen-bond acceptors (Lipinski definition) is 7. The van der Waals surface area contributed by atoms with Crippen LogP contribution < -0.4 is 5.32 Å². The zero-order chi connectivity index (χ0) is 22.0. The fraction of sp³-hybridized carbons (Fsp3) is 0.174. The highest BCUT2D eigenvalue weighted by atomic mass is 32.1. The van der Waals surface area contributed by atoms with E-state index in [1.807, 2.05) is 42.5 Å². The van der Waals surface area contributed by atoms with Crippen LogP contribution in [0.1, 0.15) is 51.5 Å². The predicted octanol–water partition coefficient (Wildman–Crippen LogP) is 6.17. The highest BCUT2D eigenvalue weighted by Gasteiger charge is 2.18. The monoisotopic (exact) mass is 450 g/mol. The van der Waals surface area contributed by atoms with E-state index in [9.17, 15) is 9.59 Å². The number of anilines is 1. The molecule has 0 aliphatic rings. The maximum Gasteiger partial charge on any atom is 0.412 e. The number of thiophene rings is 2. The smallest absolute Gasteiger partial charge is 0.412 e. The summed E-state index contributed by atoms with van der Waals surface area (Å²) >= 11 is 2.95. The van der Waals surface area contributed by atoms with E-state index in [1.165, 1.54) is 22.7 Å². The van der Waals surface area contributed by atoms with Gasteiger partial charge < -0.3 is 9.26 Å². The second-order valence-corrected chi connectivity index (χ2v) is 8.98. The Bertz CT molecular complexity index is 1290. The Hall–Kier alpha value is -3.41. The third-order valence-corrected chi connectivity index (χ3v) is 6.81. The molecule has 0 saturated heterocycles. The molecule has 1 amide bonds. The average molecular weight is 451 g/mol. The molecule has 0 aliphatic heterocycles. The van der Waals surface area contributed by atoms with E-state index in [4.69, 9.17) is 9.26 Å². The van der Waals surface area contributed by atoms with Crippen molar-refractivity contribution in [2.45, 2.75) is 26.9 Å². The van der Waals surface area contributed by atoms with Gasteiger partial charge in [-0.05, 0) is 50.3 Å². The molecule has 0 aliphatic carbocycles. The van der Waals surface area contributed by atoms with Crippen molar-refractivity contribution in [2.75, 3.05) is 5.32 Å². The number of nitrogens with zero attached hydrogens (tertiary/aromatic N) is 1. The quantitative estimate of drug-likeness (QED) is 0.297. The van der Waals surface area contributed by atoms with E-state index in [1.54, 1.807) is 20.8 Å². The summed E-state index contributed by atoms with van der Waals surface area (Å²) in [6, 6.07) is 13.3. The van der Waals surface area contributed by atoms with Crippen LogP contribution in [0.3, 0.4) is 0 Å². The average Bonchev–Trinajstić information content (AvgIpc) is 3.41. The van der Waals surface area contributed by atoms with Crippen LogP contribution in [0.15, 0.2) is 47.0 Å². The number of hydrogen-bond donors (Lipinski definition) is 1. The number of rotatable bonds is 4. The van der Waals surface area contributed by atoms with Crippen LogP contribution in [0.2, 0.25) is 0 Å². The first-order valence-electron chi connectivity index (χ1n) is 9.46. The lowest BCUT2D eigenvalue weighted by molar-refractivity contribution is 0.102. The second-order valence-electron chi connectivity index (χ2n) is 6.81. The Kier molecular flexibility index (Phi) is 5.89. The first-order valence-corrected chi connectivity index (χ1v) is 11.1. The summed E-state index contributed by atoms with van der Waals surface area (Å²) in [5.41, 5.74) is 1.78. The molecule has 4 aromatic rings. The minimum atomic E-state index is -0.612. The van der Waals surface area contributed by atoms with Gasteiger partial charge in [-0.2, -0.15) is 0 Å². The van der Waals surface area contributed by atoms with Crippen molar-refractivity contribution in [3.63, 3.8) is 0 Å². The van der Waals surface area contributed by atoms with Gasteiger partial charge in [0.25, 0.3) is 0 Å². The van der Waals surface area contributed by atoms with Gasteiger partial charge in [0, 0.05) is 9.40 Å². The lowest BCUT2D eigenvalue weighted by Gasteiger charge is -2.13. The Morgan fingerprint density at radius 1 is 1.13 bits per heavy atom. The van der Waals surface area contributed by atoms with Gasteiger partial charge in [-0.1, -0.05) is 35.5 Å². The molecule has 4 rings (SSSR count). The molecule has 0 bridgehead atoms. The van der Waals surface area contributed by atoms with E-state index < -0.39 is 12.2 Å². The molecule has 3 aromatic heterocycles. The van der Waals surface area contributed by atoms with Gasteiger partial charge in [-0.25, -0.2) is 4.79 Å². The molecule has 0 fully saturated rings. The first kappa shape index (κ1) is 20.8. The molecule has 1 atom stereocenters. The van der Waals surface area contributed by atoms with Gasteiger partial charge in [-0.15, -0.1) is 22.7 Å². The van der Waals surface area contributed by atoms with Crippen molar-refractivity contribution >= 4 is 49.6 Å². The number of fused-ring (bicyclic) bond motifs is 1. The molecular formula is C23H18N2O4S2. The highest BCUT2D eigenvalue weighted by molar-refractivity contribution is 7.28. The Morgan fingerprint density at radius 2 is 1.87 bits per heavy atom. The minimum absolute atomic E-state index is 0.0577.